The van der Waals surface area contributed by atoms with E-state index in [1.54, 1.807) is 18.2 Å². The number of methoxy groups -OCH3 is 1. The van der Waals surface area contributed by atoms with E-state index in [4.69, 9.17) is 9.47 Å². The monoisotopic (exact) mass is 370 g/mol. The maximum absolute atomic E-state index is 14.7. The molecule has 4 heteroatoms. The quantitative estimate of drug-likeness (QED) is 0.608. The largest absolute Gasteiger partial charge is 0.494 e. The van der Waals surface area contributed by atoms with E-state index in [0.717, 1.165) is 30.4 Å². The van der Waals surface area contributed by atoms with Gasteiger partial charge >= 0.3 is 5.97 Å². The van der Waals surface area contributed by atoms with Gasteiger partial charge in [0.1, 0.15) is 11.6 Å². The lowest BCUT2D eigenvalue weighted by atomic mass is 9.75. The first kappa shape index (κ1) is 19.4. The maximum Gasteiger partial charge on any atom is 0.337 e. The molecular formula is C23H27FO3. The molecule has 3 rings (SSSR count). The lowest BCUT2D eigenvalue weighted by Crippen LogP contribution is -2.17. The Labute approximate surface area is 160 Å². The van der Waals surface area contributed by atoms with Crippen molar-refractivity contribution in [1.29, 1.82) is 0 Å². The minimum atomic E-state index is -0.373. The molecule has 1 atom stereocenters. The summed E-state index contributed by atoms with van der Waals surface area (Å²) in [7, 11) is 1.38. The highest BCUT2D eigenvalue weighted by molar-refractivity contribution is 5.90. The number of ether oxygens (including phenoxy) is 2. The lowest BCUT2D eigenvalue weighted by molar-refractivity contribution is 0.0600. The molecule has 144 valence electrons. The molecule has 1 saturated carbocycles. The summed E-state index contributed by atoms with van der Waals surface area (Å²) >= 11 is 0. The molecule has 0 aromatic heterocycles. The van der Waals surface area contributed by atoms with Gasteiger partial charge in [0.2, 0.25) is 0 Å². The fourth-order valence-electron chi connectivity index (χ4n) is 4.21. The van der Waals surface area contributed by atoms with Crippen molar-refractivity contribution < 1.29 is 18.7 Å². The number of esters is 1. The van der Waals surface area contributed by atoms with Gasteiger partial charge in [0.05, 0.1) is 19.3 Å². The average Bonchev–Trinajstić information content (AvgIpc) is 3.01. The lowest BCUT2D eigenvalue weighted by Gasteiger charge is -2.29. The van der Waals surface area contributed by atoms with Crippen LogP contribution < -0.4 is 4.74 Å². The van der Waals surface area contributed by atoms with Crippen molar-refractivity contribution in [3.63, 3.8) is 0 Å². The van der Waals surface area contributed by atoms with Gasteiger partial charge in [-0.1, -0.05) is 26.3 Å². The molecule has 0 aliphatic heterocycles. The topological polar surface area (TPSA) is 35.5 Å². The molecule has 0 heterocycles. The van der Waals surface area contributed by atoms with Crippen LogP contribution in [0.3, 0.4) is 0 Å². The summed E-state index contributed by atoms with van der Waals surface area (Å²) < 4.78 is 25.2. The van der Waals surface area contributed by atoms with Gasteiger partial charge in [-0.05, 0) is 72.6 Å². The van der Waals surface area contributed by atoms with Crippen LogP contribution in [0.1, 0.15) is 61.9 Å². The van der Waals surface area contributed by atoms with Crippen LogP contribution in [-0.4, -0.2) is 19.7 Å². The van der Waals surface area contributed by atoms with Crippen LogP contribution in [0, 0.1) is 11.2 Å². The van der Waals surface area contributed by atoms with E-state index in [0.29, 0.717) is 23.5 Å². The third-order valence-electron chi connectivity index (χ3n) is 5.64. The van der Waals surface area contributed by atoms with Crippen LogP contribution in [0.25, 0.3) is 11.1 Å². The van der Waals surface area contributed by atoms with Crippen LogP contribution in [0.4, 0.5) is 4.39 Å². The Morgan fingerprint density at radius 1 is 1.19 bits per heavy atom. The van der Waals surface area contributed by atoms with Crippen LogP contribution in [0.5, 0.6) is 5.75 Å². The Kier molecular flexibility index (Phi) is 5.54. The average molecular weight is 370 g/mol. The predicted molar refractivity (Wildman–Crippen MR) is 105 cm³/mol. The van der Waals surface area contributed by atoms with Crippen LogP contribution in [-0.2, 0) is 4.74 Å². The molecule has 0 spiro atoms. The van der Waals surface area contributed by atoms with E-state index < -0.39 is 0 Å². The molecule has 0 N–H and O–H groups in total. The van der Waals surface area contributed by atoms with E-state index in [1.165, 1.54) is 13.2 Å². The van der Waals surface area contributed by atoms with E-state index >= 15 is 0 Å². The van der Waals surface area contributed by atoms with Crippen molar-refractivity contribution in [3.05, 3.63) is 53.3 Å². The molecule has 1 fully saturated rings. The second-order valence-corrected chi connectivity index (χ2v) is 7.80. The molecule has 0 saturated heterocycles. The number of hydrogen-bond donors (Lipinski definition) is 0. The van der Waals surface area contributed by atoms with Crippen LogP contribution in [0.15, 0.2) is 36.4 Å². The summed E-state index contributed by atoms with van der Waals surface area (Å²) in [5, 5.41) is 0. The van der Waals surface area contributed by atoms with Gasteiger partial charge in [-0.2, -0.15) is 0 Å². The Morgan fingerprint density at radius 3 is 2.59 bits per heavy atom. The molecule has 0 bridgehead atoms. The fourth-order valence-corrected chi connectivity index (χ4v) is 4.21. The highest BCUT2D eigenvalue weighted by Crippen LogP contribution is 2.51. The van der Waals surface area contributed by atoms with Crippen molar-refractivity contribution in [2.24, 2.45) is 5.41 Å². The third-order valence-corrected chi connectivity index (χ3v) is 5.64. The second-order valence-electron chi connectivity index (χ2n) is 7.80. The summed E-state index contributed by atoms with van der Waals surface area (Å²) in [6.45, 7) is 6.91. The molecule has 3 nitrogen and oxygen atoms in total. The molecule has 2 aromatic carbocycles. The first-order chi connectivity index (χ1) is 12.9. The van der Waals surface area contributed by atoms with Gasteiger partial charge in [-0.15, -0.1) is 0 Å². The number of carbonyl (C=O) groups excluding carboxylic acids is 1. The highest BCUT2D eigenvalue weighted by atomic mass is 19.1. The number of rotatable bonds is 5. The Morgan fingerprint density at radius 2 is 1.96 bits per heavy atom. The zero-order valence-corrected chi connectivity index (χ0v) is 16.5. The normalized spacial score (nSPS) is 18.3. The molecule has 1 unspecified atom stereocenters. The van der Waals surface area contributed by atoms with Crippen molar-refractivity contribution in [3.8, 4) is 16.9 Å². The minimum Gasteiger partial charge on any atom is -0.494 e. The van der Waals surface area contributed by atoms with Crippen LogP contribution >= 0.6 is 0 Å². The molecule has 0 radical (unpaired) electrons. The van der Waals surface area contributed by atoms with Crippen molar-refractivity contribution in [2.45, 2.75) is 46.0 Å². The first-order valence-corrected chi connectivity index (χ1v) is 9.52. The zero-order valence-electron chi connectivity index (χ0n) is 16.5. The van der Waals surface area contributed by atoms with Gasteiger partial charge in [0.15, 0.2) is 0 Å². The molecule has 2 aromatic rings. The second kappa shape index (κ2) is 7.71. The van der Waals surface area contributed by atoms with Crippen molar-refractivity contribution >= 4 is 5.97 Å². The Bertz CT molecular complexity index is 842. The van der Waals surface area contributed by atoms with E-state index in [1.807, 2.05) is 19.1 Å². The van der Waals surface area contributed by atoms with Gasteiger partial charge < -0.3 is 9.47 Å². The summed E-state index contributed by atoms with van der Waals surface area (Å²) in [6.07, 6.45) is 3.26. The molecule has 1 aliphatic rings. The standard InChI is InChI=1S/C23H27FO3/c1-5-27-16-9-11-21(24)19(14-16)17-10-8-15(22(25)26-4)13-18(17)20-7-6-12-23(20,2)3/h8-11,13-14,20H,5-7,12H2,1-4H3. The van der Waals surface area contributed by atoms with E-state index in [9.17, 15) is 9.18 Å². The smallest absolute Gasteiger partial charge is 0.337 e. The molecular weight excluding hydrogens is 343 g/mol. The van der Waals surface area contributed by atoms with Gasteiger partial charge in [-0.25, -0.2) is 9.18 Å². The molecule has 0 amide bonds. The summed E-state index contributed by atoms with van der Waals surface area (Å²) in [4.78, 5) is 12.1. The Hall–Kier alpha value is -2.36. The zero-order chi connectivity index (χ0) is 19.6. The summed E-state index contributed by atoms with van der Waals surface area (Å²) in [5.74, 6) is 0.235. The predicted octanol–water partition coefficient (Wildman–Crippen LogP) is 5.97. The third kappa shape index (κ3) is 3.85. The summed E-state index contributed by atoms with van der Waals surface area (Å²) in [5.41, 5.74) is 2.93. The number of benzene rings is 2. The van der Waals surface area contributed by atoms with Crippen LogP contribution in [0.2, 0.25) is 0 Å². The minimum absolute atomic E-state index is 0.0947. The number of halogens is 1. The fraction of sp³-hybridized carbons (Fsp3) is 0.435. The SMILES string of the molecule is CCOc1ccc(F)c(-c2ccc(C(=O)OC)cc2C2CCCC2(C)C)c1. The summed E-state index contributed by atoms with van der Waals surface area (Å²) in [6, 6.07) is 10.3. The maximum atomic E-state index is 14.7. The van der Waals surface area contributed by atoms with Gasteiger partial charge in [-0.3, -0.25) is 0 Å². The molecule has 1 aliphatic carbocycles. The molecule has 27 heavy (non-hydrogen) atoms. The Balaban J connectivity index is 2.18. The van der Waals surface area contributed by atoms with Crippen molar-refractivity contribution in [2.75, 3.05) is 13.7 Å². The van der Waals surface area contributed by atoms with Crippen molar-refractivity contribution in [1.82, 2.24) is 0 Å². The van der Waals surface area contributed by atoms with Gasteiger partial charge in [0.25, 0.3) is 0 Å². The number of hydrogen-bond acceptors (Lipinski definition) is 3. The first-order valence-electron chi connectivity index (χ1n) is 9.52. The highest BCUT2D eigenvalue weighted by Gasteiger charge is 2.37. The van der Waals surface area contributed by atoms with E-state index in [-0.39, 0.29) is 23.1 Å². The number of carbonyl (C=O) groups is 1. The van der Waals surface area contributed by atoms with E-state index in [2.05, 4.69) is 13.8 Å². The van der Waals surface area contributed by atoms with Gasteiger partial charge in [0, 0.05) is 5.56 Å².